The molecular weight excluding hydrogens is 526 g/mol. The lowest BCUT2D eigenvalue weighted by Gasteiger charge is -2.37. The van der Waals surface area contributed by atoms with Gasteiger partial charge in [0.05, 0.1) is 0 Å². The van der Waals surface area contributed by atoms with Gasteiger partial charge in [-0.1, -0.05) is 75.7 Å². The van der Waals surface area contributed by atoms with Crippen LogP contribution in [-0.4, -0.2) is 40.5 Å². The monoisotopic (exact) mass is 571 g/mol. The van der Waals surface area contributed by atoms with Crippen molar-refractivity contribution < 1.29 is 19.1 Å². The molecule has 5 atom stereocenters. The van der Waals surface area contributed by atoms with Gasteiger partial charge in [-0.25, -0.2) is 4.79 Å². The molecule has 1 aliphatic carbocycles. The van der Waals surface area contributed by atoms with E-state index in [2.05, 4.69) is 17.6 Å². The van der Waals surface area contributed by atoms with Crippen LogP contribution in [0.5, 0.6) is 0 Å². The second-order valence-corrected chi connectivity index (χ2v) is 12.8. The number of rotatable bonds is 9. The Morgan fingerprint density at radius 2 is 1.60 bits per heavy atom. The Hall–Kier alpha value is -3.87. The first kappa shape index (κ1) is 31.1. The van der Waals surface area contributed by atoms with Crippen molar-refractivity contribution in [2.45, 2.75) is 92.0 Å². The smallest absolute Gasteiger partial charge is 0.408 e. The zero-order valence-corrected chi connectivity index (χ0v) is 26.2. The van der Waals surface area contributed by atoms with E-state index in [1.54, 1.807) is 25.7 Å². The lowest BCUT2D eigenvalue weighted by molar-refractivity contribution is -0.142. The molecule has 1 fully saturated rings. The minimum absolute atomic E-state index is 0.129. The van der Waals surface area contributed by atoms with Crippen LogP contribution in [0.15, 0.2) is 60.7 Å². The lowest BCUT2D eigenvalue weighted by atomic mass is 9.91. The standard InChI is InChI=1S/C35H45N3O4/c1-9-21(2)30(37-34(41)42-35(6,7)8)33(40)38(28-19-24(28)5)31(29-22(3)13-12-14-23(29)4)32(39)36-27-18-17-25-15-10-11-16-26(25)20-27/h10-18,20-21,24,28,30-31H,9,19H2,1-8H3,(H,36,39)(H,37,41). The number of fused-ring (bicyclic) bond motifs is 1. The first-order valence-corrected chi connectivity index (χ1v) is 15.0. The normalized spacial score (nSPS) is 18.5. The van der Waals surface area contributed by atoms with Crippen LogP contribution in [0.1, 0.15) is 77.1 Å². The van der Waals surface area contributed by atoms with E-state index >= 15 is 0 Å². The predicted octanol–water partition coefficient (Wildman–Crippen LogP) is 7.31. The van der Waals surface area contributed by atoms with E-state index in [-0.39, 0.29) is 29.7 Å². The zero-order valence-electron chi connectivity index (χ0n) is 26.2. The zero-order chi connectivity index (χ0) is 30.8. The highest BCUT2D eigenvalue weighted by Gasteiger charge is 2.49. The number of aryl methyl sites for hydroxylation is 2. The maximum absolute atomic E-state index is 14.6. The highest BCUT2D eigenvalue weighted by atomic mass is 16.6. The number of carbonyl (C=O) groups is 3. The summed E-state index contributed by atoms with van der Waals surface area (Å²) < 4.78 is 5.53. The molecule has 0 heterocycles. The summed E-state index contributed by atoms with van der Waals surface area (Å²) in [6.45, 7) is 15.3. The number of nitrogens with one attached hydrogen (secondary N) is 2. The average Bonchev–Trinajstić information content (AvgIpc) is 3.64. The van der Waals surface area contributed by atoms with Crippen LogP contribution in [-0.2, 0) is 14.3 Å². The number of carbonyl (C=O) groups excluding carboxylic acids is 3. The number of amides is 3. The molecule has 1 saturated carbocycles. The van der Waals surface area contributed by atoms with Crippen LogP contribution >= 0.6 is 0 Å². The molecule has 1 aliphatic rings. The molecule has 2 N–H and O–H groups in total. The summed E-state index contributed by atoms with van der Waals surface area (Å²) in [6.07, 6.45) is 0.808. The fourth-order valence-electron chi connectivity index (χ4n) is 5.58. The molecule has 5 unspecified atom stereocenters. The van der Waals surface area contributed by atoms with E-state index in [1.165, 1.54) is 0 Å². The van der Waals surface area contributed by atoms with Crippen molar-refractivity contribution in [3.8, 4) is 0 Å². The summed E-state index contributed by atoms with van der Waals surface area (Å²) in [7, 11) is 0. The fraction of sp³-hybridized carbons (Fsp3) is 0.457. The Labute approximate surface area is 250 Å². The number of ether oxygens (including phenoxy) is 1. The molecular formula is C35H45N3O4. The largest absolute Gasteiger partial charge is 0.444 e. The highest BCUT2D eigenvalue weighted by molar-refractivity contribution is 6.01. The van der Waals surface area contributed by atoms with Gasteiger partial charge in [0.2, 0.25) is 5.91 Å². The molecule has 7 nitrogen and oxygen atoms in total. The van der Waals surface area contributed by atoms with Crippen molar-refractivity contribution in [1.82, 2.24) is 10.2 Å². The highest BCUT2D eigenvalue weighted by Crippen LogP contribution is 2.42. The molecule has 0 saturated heterocycles. The van der Waals surface area contributed by atoms with Gasteiger partial charge in [-0.2, -0.15) is 0 Å². The molecule has 0 aliphatic heterocycles. The maximum atomic E-state index is 14.6. The van der Waals surface area contributed by atoms with Crippen LogP contribution in [0.2, 0.25) is 0 Å². The van der Waals surface area contributed by atoms with E-state index in [1.807, 2.05) is 88.4 Å². The van der Waals surface area contributed by atoms with Gasteiger partial charge >= 0.3 is 6.09 Å². The molecule has 0 bridgehead atoms. The van der Waals surface area contributed by atoms with Gasteiger partial charge in [0, 0.05) is 11.7 Å². The van der Waals surface area contributed by atoms with Crippen molar-refractivity contribution in [3.63, 3.8) is 0 Å². The van der Waals surface area contributed by atoms with E-state index < -0.39 is 23.8 Å². The Morgan fingerprint density at radius 1 is 0.976 bits per heavy atom. The van der Waals surface area contributed by atoms with Crippen molar-refractivity contribution in [1.29, 1.82) is 0 Å². The van der Waals surface area contributed by atoms with Crippen molar-refractivity contribution in [2.24, 2.45) is 11.8 Å². The molecule has 224 valence electrons. The Kier molecular flexibility index (Phi) is 9.29. The first-order chi connectivity index (χ1) is 19.8. The van der Waals surface area contributed by atoms with Gasteiger partial charge in [-0.3, -0.25) is 9.59 Å². The maximum Gasteiger partial charge on any atom is 0.408 e. The fourth-order valence-corrected chi connectivity index (χ4v) is 5.58. The van der Waals surface area contributed by atoms with Gasteiger partial charge < -0.3 is 20.3 Å². The third kappa shape index (κ3) is 7.12. The molecule has 3 aromatic rings. The number of hydrogen-bond acceptors (Lipinski definition) is 4. The summed E-state index contributed by atoms with van der Waals surface area (Å²) in [4.78, 5) is 43.7. The number of benzene rings is 3. The van der Waals surface area contributed by atoms with Crippen molar-refractivity contribution in [2.75, 3.05) is 5.32 Å². The van der Waals surface area contributed by atoms with Crippen LogP contribution < -0.4 is 10.6 Å². The van der Waals surface area contributed by atoms with Crippen LogP contribution in [0.4, 0.5) is 10.5 Å². The predicted molar refractivity (Wildman–Crippen MR) is 168 cm³/mol. The summed E-state index contributed by atoms with van der Waals surface area (Å²) in [6, 6.07) is 17.9. The Balaban J connectivity index is 1.77. The molecule has 42 heavy (non-hydrogen) atoms. The molecule has 0 spiro atoms. The summed E-state index contributed by atoms with van der Waals surface area (Å²) in [5, 5.41) is 8.08. The van der Waals surface area contributed by atoms with Crippen molar-refractivity contribution >= 4 is 34.4 Å². The third-order valence-electron chi connectivity index (χ3n) is 8.19. The second-order valence-electron chi connectivity index (χ2n) is 12.8. The molecule has 7 heteroatoms. The van der Waals surface area contributed by atoms with Crippen LogP contribution in [0, 0.1) is 25.7 Å². The van der Waals surface area contributed by atoms with Gasteiger partial charge in [-0.15, -0.1) is 0 Å². The van der Waals surface area contributed by atoms with Crippen molar-refractivity contribution in [3.05, 3.63) is 77.4 Å². The van der Waals surface area contributed by atoms with E-state index in [9.17, 15) is 14.4 Å². The van der Waals surface area contributed by atoms with E-state index in [0.717, 1.165) is 33.9 Å². The number of alkyl carbamates (subject to hydrolysis) is 1. The van der Waals surface area contributed by atoms with Gasteiger partial charge in [0.25, 0.3) is 5.91 Å². The topological polar surface area (TPSA) is 87.7 Å². The van der Waals surface area contributed by atoms with E-state index in [4.69, 9.17) is 4.74 Å². The Morgan fingerprint density at radius 3 is 2.17 bits per heavy atom. The minimum atomic E-state index is -0.882. The molecule has 3 aromatic carbocycles. The molecule has 4 rings (SSSR count). The third-order valence-corrected chi connectivity index (χ3v) is 8.19. The molecule has 3 amide bonds. The number of nitrogens with zero attached hydrogens (tertiary/aromatic N) is 1. The average molecular weight is 572 g/mol. The summed E-state index contributed by atoms with van der Waals surface area (Å²) in [5.74, 6) is -0.502. The number of hydrogen-bond donors (Lipinski definition) is 2. The summed E-state index contributed by atoms with van der Waals surface area (Å²) in [5.41, 5.74) is 2.62. The van der Waals surface area contributed by atoms with Gasteiger partial charge in [0.15, 0.2) is 0 Å². The minimum Gasteiger partial charge on any atom is -0.444 e. The Bertz CT molecular complexity index is 1440. The SMILES string of the molecule is CCC(C)C(NC(=O)OC(C)(C)C)C(=O)N(C(C(=O)Nc1ccc2ccccc2c1)c1c(C)cccc1C)C1CC1C. The summed E-state index contributed by atoms with van der Waals surface area (Å²) >= 11 is 0. The van der Waals surface area contributed by atoms with Gasteiger partial charge in [-0.05, 0) is 92.5 Å². The quantitative estimate of drug-likeness (QED) is 0.282. The van der Waals surface area contributed by atoms with E-state index in [0.29, 0.717) is 12.1 Å². The number of anilines is 1. The molecule has 0 radical (unpaired) electrons. The lowest BCUT2D eigenvalue weighted by Crippen LogP contribution is -2.55. The van der Waals surface area contributed by atoms with Gasteiger partial charge in [0.1, 0.15) is 17.7 Å². The van der Waals surface area contributed by atoms with Crippen LogP contribution in [0.25, 0.3) is 10.8 Å². The van der Waals surface area contributed by atoms with Crippen LogP contribution in [0.3, 0.4) is 0 Å². The molecule has 0 aromatic heterocycles. The first-order valence-electron chi connectivity index (χ1n) is 15.0. The second kappa shape index (κ2) is 12.6.